The van der Waals surface area contributed by atoms with Crippen LogP contribution in [0.1, 0.15) is 37.1 Å². The number of benzene rings is 2. The van der Waals surface area contributed by atoms with Gasteiger partial charge in [0.25, 0.3) is 5.91 Å². The number of anilines is 1. The zero-order valence-electron chi connectivity index (χ0n) is 17.2. The van der Waals surface area contributed by atoms with Crippen LogP contribution in [0.3, 0.4) is 0 Å². The van der Waals surface area contributed by atoms with Crippen molar-refractivity contribution < 1.29 is 4.79 Å². The first-order valence-electron chi connectivity index (χ1n) is 9.78. The van der Waals surface area contributed by atoms with Gasteiger partial charge in [-0.2, -0.15) is 5.10 Å². The van der Waals surface area contributed by atoms with E-state index in [-0.39, 0.29) is 11.9 Å². The molecule has 1 amide bonds. The van der Waals surface area contributed by atoms with Crippen LogP contribution in [0.15, 0.2) is 66.0 Å². The van der Waals surface area contributed by atoms with Gasteiger partial charge in [0.15, 0.2) is 0 Å². The molecule has 0 radical (unpaired) electrons. The molecule has 1 unspecified atom stereocenters. The number of amides is 1. The van der Waals surface area contributed by atoms with Crippen molar-refractivity contribution in [2.45, 2.75) is 25.9 Å². The van der Waals surface area contributed by atoms with Gasteiger partial charge in [-0.25, -0.2) is 4.68 Å². The Labute approximate surface area is 196 Å². The number of allylic oxidation sites excluding steroid dienone is 1. The molecular formula is C23H21Cl3N4O. The average Bonchev–Trinajstić information content (AvgIpc) is 3.14. The molecule has 5 nitrogen and oxygen atoms in total. The van der Waals surface area contributed by atoms with Crippen LogP contribution in [0.4, 0.5) is 5.82 Å². The lowest BCUT2D eigenvalue weighted by molar-refractivity contribution is -0.128. The SMILES string of the molecule is CC1=C(C(=O)N(C)[C@@H](C)c2ccccc2)C(c2cccc(Cl)c2Cl)n2ncc(Cl)c2N1. The van der Waals surface area contributed by atoms with Crippen LogP contribution < -0.4 is 5.32 Å². The van der Waals surface area contributed by atoms with Crippen molar-refractivity contribution in [1.82, 2.24) is 14.7 Å². The second-order valence-corrected chi connectivity index (χ2v) is 8.69. The molecule has 0 bridgehead atoms. The maximum atomic E-state index is 13.8. The first kappa shape index (κ1) is 21.8. The molecule has 0 saturated heterocycles. The van der Waals surface area contributed by atoms with Gasteiger partial charge in [0.1, 0.15) is 16.9 Å². The molecule has 2 heterocycles. The molecule has 2 atom stereocenters. The standard InChI is InChI=1S/C23H21Cl3N4O/c1-13-19(23(31)29(3)14(2)15-8-5-4-6-9-15)21(16-10-7-11-17(24)20(16)26)30-22(28-13)18(25)12-27-30/h4-12,14,21,28H,1-3H3/t14-,21?/m0/s1. The zero-order valence-corrected chi connectivity index (χ0v) is 19.5. The summed E-state index contributed by atoms with van der Waals surface area (Å²) in [5.41, 5.74) is 2.94. The molecule has 0 spiro atoms. The maximum absolute atomic E-state index is 13.8. The van der Waals surface area contributed by atoms with Crippen molar-refractivity contribution in [3.63, 3.8) is 0 Å². The van der Waals surface area contributed by atoms with E-state index in [0.717, 1.165) is 5.56 Å². The van der Waals surface area contributed by atoms with E-state index in [2.05, 4.69) is 10.4 Å². The molecule has 4 rings (SSSR count). The molecule has 0 aliphatic carbocycles. The van der Waals surface area contributed by atoms with Gasteiger partial charge in [0.2, 0.25) is 0 Å². The van der Waals surface area contributed by atoms with Crippen LogP contribution in [0, 0.1) is 0 Å². The number of halogens is 3. The highest BCUT2D eigenvalue weighted by Gasteiger charge is 2.37. The third-order valence-corrected chi connectivity index (χ3v) is 6.78. The predicted molar refractivity (Wildman–Crippen MR) is 126 cm³/mol. The summed E-state index contributed by atoms with van der Waals surface area (Å²) in [6.07, 6.45) is 1.55. The highest BCUT2D eigenvalue weighted by molar-refractivity contribution is 6.42. The zero-order chi connectivity index (χ0) is 22.3. The van der Waals surface area contributed by atoms with Crippen molar-refractivity contribution >= 4 is 46.5 Å². The van der Waals surface area contributed by atoms with Crippen molar-refractivity contribution in [3.05, 3.63) is 92.2 Å². The van der Waals surface area contributed by atoms with Crippen molar-refractivity contribution in [3.8, 4) is 0 Å². The Morgan fingerprint density at radius 2 is 1.81 bits per heavy atom. The molecule has 0 saturated carbocycles. The number of fused-ring (bicyclic) bond motifs is 1. The normalized spacial score (nSPS) is 16.5. The summed E-state index contributed by atoms with van der Waals surface area (Å²) < 4.78 is 1.68. The lowest BCUT2D eigenvalue weighted by Crippen LogP contribution is -2.37. The van der Waals surface area contributed by atoms with Crippen LogP contribution in [0.2, 0.25) is 15.1 Å². The quantitative estimate of drug-likeness (QED) is 0.478. The number of carbonyl (C=O) groups is 1. The molecule has 160 valence electrons. The minimum Gasteiger partial charge on any atom is -0.342 e. The van der Waals surface area contributed by atoms with Gasteiger partial charge in [0.05, 0.1) is 27.9 Å². The molecule has 2 aromatic carbocycles. The van der Waals surface area contributed by atoms with E-state index in [0.29, 0.717) is 37.7 Å². The highest BCUT2D eigenvalue weighted by Crippen LogP contribution is 2.43. The van der Waals surface area contributed by atoms with E-state index >= 15 is 0 Å². The lowest BCUT2D eigenvalue weighted by atomic mass is 9.93. The maximum Gasteiger partial charge on any atom is 0.254 e. The summed E-state index contributed by atoms with van der Waals surface area (Å²) in [4.78, 5) is 15.5. The van der Waals surface area contributed by atoms with Crippen molar-refractivity contribution in [2.24, 2.45) is 0 Å². The van der Waals surface area contributed by atoms with Crippen LogP contribution in [0.5, 0.6) is 0 Å². The fourth-order valence-corrected chi connectivity index (χ4v) is 4.43. The molecule has 31 heavy (non-hydrogen) atoms. The Balaban J connectivity index is 1.82. The molecule has 1 aromatic heterocycles. The van der Waals surface area contributed by atoms with Gasteiger partial charge < -0.3 is 10.2 Å². The molecule has 1 aliphatic rings. The Morgan fingerprint density at radius 1 is 1.10 bits per heavy atom. The van der Waals surface area contributed by atoms with Gasteiger partial charge in [-0.15, -0.1) is 0 Å². The van der Waals surface area contributed by atoms with E-state index in [4.69, 9.17) is 34.8 Å². The van der Waals surface area contributed by atoms with Crippen LogP contribution in [-0.2, 0) is 4.79 Å². The number of carbonyl (C=O) groups excluding carboxylic acids is 1. The summed E-state index contributed by atoms with van der Waals surface area (Å²) in [7, 11) is 1.79. The molecule has 3 aromatic rings. The van der Waals surface area contributed by atoms with Gasteiger partial charge >= 0.3 is 0 Å². The number of likely N-dealkylation sites (N-methyl/N-ethyl adjacent to an activating group) is 1. The van der Waals surface area contributed by atoms with E-state index in [9.17, 15) is 4.79 Å². The summed E-state index contributed by atoms with van der Waals surface area (Å²) >= 11 is 19.2. The van der Waals surface area contributed by atoms with E-state index in [1.807, 2.05) is 56.3 Å². The molecular weight excluding hydrogens is 455 g/mol. The molecule has 0 fully saturated rings. The van der Waals surface area contributed by atoms with Crippen molar-refractivity contribution in [2.75, 3.05) is 12.4 Å². The summed E-state index contributed by atoms with van der Waals surface area (Å²) in [6, 6.07) is 14.6. The Bertz CT molecular complexity index is 1170. The van der Waals surface area contributed by atoms with Crippen LogP contribution in [-0.4, -0.2) is 27.6 Å². The summed E-state index contributed by atoms with van der Waals surface area (Å²) in [6.45, 7) is 3.85. The summed E-state index contributed by atoms with van der Waals surface area (Å²) in [5.74, 6) is 0.468. The van der Waals surface area contributed by atoms with Gasteiger partial charge in [-0.3, -0.25) is 4.79 Å². The number of hydrogen-bond acceptors (Lipinski definition) is 3. The molecule has 8 heteroatoms. The monoisotopic (exact) mass is 474 g/mol. The van der Waals surface area contributed by atoms with Crippen LogP contribution in [0.25, 0.3) is 0 Å². The second-order valence-electron chi connectivity index (χ2n) is 7.50. The first-order valence-corrected chi connectivity index (χ1v) is 10.9. The number of aromatic nitrogens is 2. The predicted octanol–water partition coefficient (Wildman–Crippen LogP) is 6.35. The van der Waals surface area contributed by atoms with Gasteiger partial charge in [-0.1, -0.05) is 77.3 Å². The average molecular weight is 476 g/mol. The fraction of sp³-hybridized carbons (Fsp3) is 0.217. The highest BCUT2D eigenvalue weighted by atomic mass is 35.5. The Morgan fingerprint density at radius 3 is 2.52 bits per heavy atom. The first-order chi connectivity index (χ1) is 14.8. The summed E-state index contributed by atoms with van der Waals surface area (Å²) in [5, 5.41) is 8.91. The number of nitrogens with one attached hydrogen (secondary N) is 1. The fourth-order valence-electron chi connectivity index (χ4n) is 3.84. The number of rotatable bonds is 4. The number of hydrogen-bond donors (Lipinski definition) is 1. The van der Waals surface area contributed by atoms with E-state index < -0.39 is 6.04 Å². The van der Waals surface area contributed by atoms with Crippen molar-refractivity contribution in [1.29, 1.82) is 0 Å². The smallest absolute Gasteiger partial charge is 0.254 e. The molecule has 1 N–H and O–H groups in total. The van der Waals surface area contributed by atoms with E-state index in [1.165, 1.54) is 0 Å². The second kappa shape index (κ2) is 8.58. The Hall–Kier alpha value is -2.47. The minimum absolute atomic E-state index is 0.132. The number of nitrogens with zero attached hydrogens (tertiary/aromatic N) is 3. The largest absolute Gasteiger partial charge is 0.342 e. The molecule has 1 aliphatic heterocycles. The topological polar surface area (TPSA) is 50.2 Å². The van der Waals surface area contributed by atoms with E-state index in [1.54, 1.807) is 28.9 Å². The van der Waals surface area contributed by atoms with Gasteiger partial charge in [0, 0.05) is 18.3 Å². The van der Waals surface area contributed by atoms with Gasteiger partial charge in [-0.05, 0) is 25.5 Å². The Kier molecular flexibility index (Phi) is 6.02. The lowest BCUT2D eigenvalue weighted by Gasteiger charge is -2.34. The third kappa shape index (κ3) is 3.82. The van der Waals surface area contributed by atoms with Crippen LogP contribution >= 0.6 is 34.8 Å². The minimum atomic E-state index is -0.576. The third-order valence-electron chi connectivity index (χ3n) is 5.67.